The molecule has 0 saturated heterocycles. The lowest BCUT2D eigenvalue weighted by molar-refractivity contribution is -0.137. The van der Waals surface area contributed by atoms with Gasteiger partial charge in [-0.1, -0.05) is 19.1 Å². The van der Waals surface area contributed by atoms with Crippen molar-refractivity contribution in [2.75, 3.05) is 13.1 Å². The van der Waals surface area contributed by atoms with Crippen molar-refractivity contribution in [3.05, 3.63) is 35.4 Å². The van der Waals surface area contributed by atoms with Crippen LogP contribution in [-0.2, 0) is 6.18 Å². The van der Waals surface area contributed by atoms with Gasteiger partial charge in [-0.2, -0.15) is 13.2 Å². The molecule has 0 saturated carbocycles. The summed E-state index contributed by atoms with van der Waals surface area (Å²) in [6, 6.07) is 4.55. The quantitative estimate of drug-likeness (QED) is 0.836. The summed E-state index contributed by atoms with van der Waals surface area (Å²) in [6.45, 7) is 2.93. The van der Waals surface area contributed by atoms with Gasteiger partial charge < -0.3 is 10.4 Å². The van der Waals surface area contributed by atoms with Gasteiger partial charge in [0, 0.05) is 6.54 Å². The van der Waals surface area contributed by atoms with E-state index < -0.39 is 17.8 Å². The van der Waals surface area contributed by atoms with E-state index in [2.05, 4.69) is 5.32 Å². The second kappa shape index (κ2) is 5.32. The number of likely N-dealkylation sites (N-methyl/N-ethyl adjacent to an activating group) is 1. The predicted octanol–water partition coefficient (Wildman–Crippen LogP) is 2.35. The maximum atomic E-state index is 12.2. The molecule has 1 unspecified atom stereocenters. The molecule has 0 aliphatic heterocycles. The first-order chi connectivity index (χ1) is 7.45. The zero-order valence-corrected chi connectivity index (χ0v) is 8.88. The summed E-state index contributed by atoms with van der Waals surface area (Å²) in [6.07, 6.45) is -5.10. The number of aliphatic hydroxyl groups is 1. The van der Waals surface area contributed by atoms with Crippen molar-refractivity contribution < 1.29 is 18.3 Å². The highest BCUT2D eigenvalue weighted by Crippen LogP contribution is 2.29. The minimum absolute atomic E-state index is 0.335. The van der Waals surface area contributed by atoms with Gasteiger partial charge in [-0.25, -0.2) is 0 Å². The van der Waals surface area contributed by atoms with E-state index in [4.69, 9.17) is 0 Å². The molecule has 2 N–H and O–H groups in total. The van der Waals surface area contributed by atoms with Crippen LogP contribution in [0.4, 0.5) is 13.2 Å². The Bertz CT molecular complexity index is 321. The van der Waals surface area contributed by atoms with Gasteiger partial charge in [-0.05, 0) is 24.2 Å². The summed E-state index contributed by atoms with van der Waals surface area (Å²) in [5.41, 5.74) is -0.221. The molecule has 2 nitrogen and oxygen atoms in total. The van der Waals surface area contributed by atoms with Crippen molar-refractivity contribution in [1.29, 1.82) is 0 Å². The maximum Gasteiger partial charge on any atom is 0.416 e. The van der Waals surface area contributed by atoms with Gasteiger partial charge in [0.05, 0.1) is 11.7 Å². The highest BCUT2D eigenvalue weighted by molar-refractivity contribution is 5.26. The summed E-state index contributed by atoms with van der Waals surface area (Å²) in [5, 5.41) is 12.5. The zero-order chi connectivity index (χ0) is 12.2. The predicted molar refractivity (Wildman–Crippen MR) is 54.9 cm³/mol. The molecule has 0 spiro atoms. The van der Waals surface area contributed by atoms with Gasteiger partial charge in [-0.15, -0.1) is 0 Å². The lowest BCUT2D eigenvalue weighted by atomic mass is 10.1. The van der Waals surface area contributed by atoms with Crippen molar-refractivity contribution in [1.82, 2.24) is 5.32 Å². The SMILES string of the molecule is CCNCC(O)c1ccc(C(F)(F)F)cc1. The Kier molecular flexibility index (Phi) is 4.32. The molecule has 0 aliphatic carbocycles. The number of alkyl halides is 3. The monoisotopic (exact) mass is 233 g/mol. The Hall–Kier alpha value is -1.07. The van der Waals surface area contributed by atoms with E-state index in [0.29, 0.717) is 18.7 Å². The van der Waals surface area contributed by atoms with Crippen molar-refractivity contribution >= 4 is 0 Å². The lowest BCUT2D eigenvalue weighted by Gasteiger charge is -2.12. The van der Waals surface area contributed by atoms with E-state index in [1.165, 1.54) is 12.1 Å². The molecule has 0 aromatic heterocycles. The van der Waals surface area contributed by atoms with E-state index in [1.807, 2.05) is 6.92 Å². The van der Waals surface area contributed by atoms with Gasteiger partial charge in [0.15, 0.2) is 0 Å². The average molecular weight is 233 g/mol. The summed E-state index contributed by atoms with van der Waals surface area (Å²) in [7, 11) is 0. The summed E-state index contributed by atoms with van der Waals surface area (Å²) >= 11 is 0. The molecule has 16 heavy (non-hydrogen) atoms. The Labute approximate surface area is 92.1 Å². The Morgan fingerprint density at radius 3 is 2.25 bits per heavy atom. The van der Waals surface area contributed by atoms with Crippen LogP contribution in [0.15, 0.2) is 24.3 Å². The number of rotatable bonds is 4. The van der Waals surface area contributed by atoms with Crippen molar-refractivity contribution in [2.45, 2.75) is 19.2 Å². The highest BCUT2D eigenvalue weighted by atomic mass is 19.4. The third-order valence-corrected chi connectivity index (χ3v) is 2.21. The molecule has 1 aromatic rings. The lowest BCUT2D eigenvalue weighted by Crippen LogP contribution is -2.20. The number of nitrogens with one attached hydrogen (secondary N) is 1. The molecule has 5 heteroatoms. The molecule has 1 aromatic carbocycles. The molecule has 90 valence electrons. The van der Waals surface area contributed by atoms with E-state index >= 15 is 0 Å². The van der Waals surface area contributed by atoms with Crippen molar-refractivity contribution in [3.8, 4) is 0 Å². The second-order valence-electron chi connectivity index (χ2n) is 3.44. The van der Waals surface area contributed by atoms with Crippen LogP contribution in [0.3, 0.4) is 0 Å². The molecule has 0 heterocycles. The van der Waals surface area contributed by atoms with Crippen LogP contribution < -0.4 is 5.32 Å². The van der Waals surface area contributed by atoms with E-state index in [1.54, 1.807) is 0 Å². The van der Waals surface area contributed by atoms with Gasteiger partial charge in [0.1, 0.15) is 0 Å². The molecule has 0 amide bonds. The summed E-state index contributed by atoms with van der Waals surface area (Å²) in [5.74, 6) is 0. The fraction of sp³-hybridized carbons (Fsp3) is 0.455. The molecule has 1 atom stereocenters. The highest BCUT2D eigenvalue weighted by Gasteiger charge is 2.30. The largest absolute Gasteiger partial charge is 0.416 e. The maximum absolute atomic E-state index is 12.2. The van der Waals surface area contributed by atoms with Crippen molar-refractivity contribution in [2.24, 2.45) is 0 Å². The molecule has 1 rings (SSSR count). The van der Waals surface area contributed by atoms with Crippen LogP contribution in [0.1, 0.15) is 24.2 Å². The van der Waals surface area contributed by atoms with Crippen LogP contribution in [0.25, 0.3) is 0 Å². The molecule has 0 aliphatic rings. The summed E-state index contributed by atoms with van der Waals surface area (Å²) < 4.78 is 36.7. The van der Waals surface area contributed by atoms with Crippen molar-refractivity contribution in [3.63, 3.8) is 0 Å². The average Bonchev–Trinajstić information content (AvgIpc) is 2.25. The molecule has 0 radical (unpaired) electrons. The van der Waals surface area contributed by atoms with Crippen LogP contribution in [0.2, 0.25) is 0 Å². The number of hydrogen-bond donors (Lipinski definition) is 2. The number of hydrogen-bond acceptors (Lipinski definition) is 2. The first-order valence-corrected chi connectivity index (χ1v) is 5.01. The summed E-state index contributed by atoms with van der Waals surface area (Å²) in [4.78, 5) is 0. The van der Waals surface area contributed by atoms with E-state index in [0.717, 1.165) is 12.1 Å². The van der Waals surface area contributed by atoms with Gasteiger partial charge >= 0.3 is 6.18 Å². The number of halogens is 3. The number of aliphatic hydroxyl groups excluding tert-OH is 1. The van der Waals surface area contributed by atoms with E-state index in [9.17, 15) is 18.3 Å². The molecule has 0 bridgehead atoms. The number of benzene rings is 1. The first kappa shape index (κ1) is 13.0. The Morgan fingerprint density at radius 1 is 1.25 bits per heavy atom. The fourth-order valence-corrected chi connectivity index (χ4v) is 1.29. The normalized spacial score (nSPS) is 13.8. The van der Waals surface area contributed by atoms with Crippen LogP contribution in [0.5, 0.6) is 0 Å². The third-order valence-electron chi connectivity index (χ3n) is 2.21. The van der Waals surface area contributed by atoms with Gasteiger partial charge in [0.2, 0.25) is 0 Å². The fourth-order valence-electron chi connectivity index (χ4n) is 1.29. The van der Waals surface area contributed by atoms with Crippen LogP contribution in [0, 0.1) is 0 Å². The standard InChI is InChI=1S/C11H14F3NO/c1-2-15-7-10(16)8-3-5-9(6-4-8)11(12,13)14/h3-6,10,15-16H,2,7H2,1H3. The molecule has 0 fully saturated rings. The second-order valence-corrected chi connectivity index (χ2v) is 3.44. The van der Waals surface area contributed by atoms with Crippen LogP contribution >= 0.6 is 0 Å². The van der Waals surface area contributed by atoms with Gasteiger partial charge in [0.25, 0.3) is 0 Å². The molecular weight excluding hydrogens is 219 g/mol. The van der Waals surface area contributed by atoms with E-state index in [-0.39, 0.29) is 0 Å². The Balaban J connectivity index is 2.71. The minimum atomic E-state index is -4.33. The third kappa shape index (κ3) is 3.50. The van der Waals surface area contributed by atoms with Crippen LogP contribution in [-0.4, -0.2) is 18.2 Å². The van der Waals surface area contributed by atoms with Gasteiger partial charge in [-0.3, -0.25) is 0 Å². The topological polar surface area (TPSA) is 32.3 Å². The minimum Gasteiger partial charge on any atom is -0.387 e. The smallest absolute Gasteiger partial charge is 0.387 e. The first-order valence-electron chi connectivity index (χ1n) is 5.01. The molecular formula is C11H14F3NO. The Morgan fingerprint density at radius 2 is 1.81 bits per heavy atom. The zero-order valence-electron chi connectivity index (χ0n) is 8.88.